The fourth-order valence-electron chi connectivity index (χ4n) is 1.89. The van der Waals surface area contributed by atoms with Crippen LogP contribution in [0.1, 0.15) is 11.1 Å². The maximum atomic E-state index is 13.5. The van der Waals surface area contributed by atoms with Crippen LogP contribution in [0, 0.1) is 19.7 Å². The Morgan fingerprint density at radius 1 is 1.11 bits per heavy atom. The van der Waals surface area contributed by atoms with Crippen molar-refractivity contribution < 1.29 is 4.39 Å². The van der Waals surface area contributed by atoms with Crippen molar-refractivity contribution in [2.24, 2.45) is 0 Å². The number of anilines is 2. The second kappa shape index (κ2) is 4.63. The largest absolute Gasteiger partial charge is 0.331 e. The third-order valence-corrected chi connectivity index (χ3v) is 3.92. The molecule has 0 bridgehead atoms. The van der Waals surface area contributed by atoms with Gasteiger partial charge in [0.05, 0.1) is 10.2 Å². The van der Waals surface area contributed by atoms with Crippen molar-refractivity contribution in [2.75, 3.05) is 5.32 Å². The van der Waals surface area contributed by atoms with Gasteiger partial charge in [0.25, 0.3) is 0 Å². The van der Waals surface area contributed by atoms with Crippen LogP contribution in [-0.4, -0.2) is 4.98 Å². The minimum Gasteiger partial charge on any atom is -0.331 e. The van der Waals surface area contributed by atoms with Gasteiger partial charge in [0, 0.05) is 5.69 Å². The smallest absolute Gasteiger partial charge is 0.188 e. The molecule has 0 fully saturated rings. The molecule has 19 heavy (non-hydrogen) atoms. The summed E-state index contributed by atoms with van der Waals surface area (Å²) in [5.74, 6) is -0.207. The lowest BCUT2D eigenvalue weighted by Crippen LogP contribution is -1.91. The van der Waals surface area contributed by atoms with Crippen LogP contribution < -0.4 is 5.32 Å². The zero-order chi connectivity index (χ0) is 13.4. The quantitative estimate of drug-likeness (QED) is 0.725. The van der Waals surface area contributed by atoms with E-state index in [4.69, 9.17) is 0 Å². The highest BCUT2D eigenvalue weighted by molar-refractivity contribution is 7.22. The summed E-state index contributed by atoms with van der Waals surface area (Å²) in [5.41, 5.74) is 3.52. The Morgan fingerprint density at radius 2 is 1.95 bits per heavy atom. The maximum Gasteiger partial charge on any atom is 0.188 e. The Balaban J connectivity index is 1.94. The average molecular weight is 272 g/mol. The van der Waals surface area contributed by atoms with E-state index in [-0.39, 0.29) is 5.82 Å². The summed E-state index contributed by atoms with van der Waals surface area (Å²) in [6, 6.07) is 11.3. The lowest BCUT2D eigenvalue weighted by molar-refractivity contribution is 0.619. The highest BCUT2D eigenvalue weighted by Gasteiger charge is 2.05. The molecule has 0 saturated carbocycles. The van der Waals surface area contributed by atoms with Crippen LogP contribution in [0.2, 0.25) is 0 Å². The molecule has 2 nitrogen and oxygen atoms in total. The van der Waals surface area contributed by atoms with Gasteiger partial charge in [0.15, 0.2) is 5.13 Å². The number of aromatic nitrogens is 1. The van der Waals surface area contributed by atoms with E-state index in [0.717, 1.165) is 21.0 Å². The average Bonchev–Trinajstić information content (AvgIpc) is 2.75. The van der Waals surface area contributed by atoms with E-state index >= 15 is 0 Å². The van der Waals surface area contributed by atoms with Crippen LogP contribution in [0.4, 0.5) is 15.2 Å². The Labute approximate surface area is 114 Å². The molecule has 0 atom stereocenters. The molecule has 0 radical (unpaired) electrons. The molecular formula is C15H13FN2S. The number of hydrogen-bond acceptors (Lipinski definition) is 3. The maximum absolute atomic E-state index is 13.5. The summed E-state index contributed by atoms with van der Waals surface area (Å²) in [4.78, 5) is 4.51. The van der Waals surface area contributed by atoms with Crippen molar-refractivity contribution >= 4 is 32.4 Å². The molecule has 0 aliphatic heterocycles. The number of aryl methyl sites for hydroxylation is 2. The molecule has 2 aromatic carbocycles. The molecule has 1 N–H and O–H groups in total. The molecule has 0 aliphatic rings. The van der Waals surface area contributed by atoms with E-state index in [9.17, 15) is 4.39 Å². The van der Waals surface area contributed by atoms with Gasteiger partial charge < -0.3 is 5.32 Å². The Bertz CT molecular complexity index is 749. The monoisotopic (exact) mass is 272 g/mol. The predicted molar refractivity (Wildman–Crippen MR) is 78.8 cm³/mol. The summed E-state index contributed by atoms with van der Waals surface area (Å²) < 4.78 is 14.6. The third kappa shape index (κ3) is 2.44. The summed E-state index contributed by atoms with van der Waals surface area (Å²) in [6.45, 7) is 3.79. The molecule has 0 unspecified atom stereocenters. The van der Waals surface area contributed by atoms with Gasteiger partial charge in [-0.25, -0.2) is 9.37 Å². The molecule has 3 rings (SSSR count). The topological polar surface area (TPSA) is 24.9 Å². The zero-order valence-electron chi connectivity index (χ0n) is 10.7. The Hall–Kier alpha value is -1.94. The molecule has 3 aromatic rings. The van der Waals surface area contributed by atoms with Gasteiger partial charge in [-0.3, -0.25) is 0 Å². The summed E-state index contributed by atoms with van der Waals surface area (Å²) in [6.07, 6.45) is 0. The second-order valence-corrected chi connectivity index (χ2v) is 5.61. The normalized spacial score (nSPS) is 10.9. The fourth-order valence-corrected chi connectivity index (χ4v) is 2.75. The zero-order valence-corrected chi connectivity index (χ0v) is 11.5. The molecule has 0 saturated heterocycles. The van der Waals surface area contributed by atoms with E-state index < -0.39 is 0 Å². The van der Waals surface area contributed by atoms with E-state index in [1.807, 2.05) is 19.1 Å². The summed E-state index contributed by atoms with van der Waals surface area (Å²) >= 11 is 1.57. The number of halogens is 1. The number of fused-ring (bicyclic) bond motifs is 1. The van der Waals surface area contributed by atoms with Crippen LogP contribution >= 0.6 is 11.3 Å². The molecule has 1 aromatic heterocycles. The first-order valence-electron chi connectivity index (χ1n) is 6.02. The Morgan fingerprint density at radius 3 is 2.74 bits per heavy atom. The Kier molecular flexibility index (Phi) is 2.95. The highest BCUT2D eigenvalue weighted by atomic mass is 32.1. The number of nitrogens with zero attached hydrogens (tertiary/aromatic N) is 1. The lowest BCUT2D eigenvalue weighted by atomic mass is 10.2. The van der Waals surface area contributed by atoms with Crippen molar-refractivity contribution in [3.63, 3.8) is 0 Å². The number of nitrogens with one attached hydrogen (secondary N) is 1. The summed E-state index contributed by atoms with van der Waals surface area (Å²) in [5, 5.41) is 3.93. The van der Waals surface area contributed by atoms with E-state index in [0.29, 0.717) is 5.56 Å². The van der Waals surface area contributed by atoms with Crippen molar-refractivity contribution in [1.82, 2.24) is 4.98 Å². The SMILES string of the molecule is Cc1ccc2sc(Nc3ccc(C)c(F)c3)nc2c1. The van der Waals surface area contributed by atoms with Crippen molar-refractivity contribution in [3.05, 3.63) is 53.3 Å². The molecule has 1 heterocycles. The van der Waals surface area contributed by atoms with Gasteiger partial charge >= 0.3 is 0 Å². The molecule has 0 amide bonds. The van der Waals surface area contributed by atoms with Crippen molar-refractivity contribution in [1.29, 1.82) is 0 Å². The number of benzene rings is 2. The minimum atomic E-state index is -0.207. The van der Waals surface area contributed by atoms with E-state index in [1.165, 1.54) is 11.6 Å². The molecule has 96 valence electrons. The van der Waals surface area contributed by atoms with Gasteiger partial charge in [0.1, 0.15) is 5.82 Å². The first kappa shape index (κ1) is 12.1. The van der Waals surface area contributed by atoms with Gasteiger partial charge in [-0.2, -0.15) is 0 Å². The highest BCUT2D eigenvalue weighted by Crippen LogP contribution is 2.29. The van der Waals surface area contributed by atoms with Crippen LogP contribution in [-0.2, 0) is 0 Å². The molecule has 0 aliphatic carbocycles. The van der Waals surface area contributed by atoms with E-state index in [1.54, 1.807) is 24.3 Å². The number of thiazole rings is 1. The standard InChI is InChI=1S/C15H13FN2S/c1-9-3-6-14-13(7-9)18-15(19-14)17-11-5-4-10(2)12(16)8-11/h3-8H,1-2H3,(H,17,18). The van der Waals surface area contributed by atoms with E-state index in [2.05, 4.69) is 22.4 Å². The second-order valence-electron chi connectivity index (χ2n) is 4.58. The van der Waals surface area contributed by atoms with Crippen LogP contribution in [0.15, 0.2) is 36.4 Å². The first-order chi connectivity index (χ1) is 9.11. The number of rotatable bonds is 2. The summed E-state index contributed by atoms with van der Waals surface area (Å²) in [7, 11) is 0. The van der Waals surface area contributed by atoms with Gasteiger partial charge in [-0.15, -0.1) is 0 Å². The fraction of sp³-hybridized carbons (Fsp3) is 0.133. The van der Waals surface area contributed by atoms with Gasteiger partial charge in [-0.05, 0) is 49.2 Å². The molecular weight excluding hydrogens is 259 g/mol. The van der Waals surface area contributed by atoms with Crippen LogP contribution in [0.25, 0.3) is 10.2 Å². The lowest BCUT2D eigenvalue weighted by Gasteiger charge is -2.03. The van der Waals surface area contributed by atoms with Crippen LogP contribution in [0.3, 0.4) is 0 Å². The minimum absolute atomic E-state index is 0.207. The predicted octanol–water partition coefficient (Wildman–Crippen LogP) is 4.80. The molecule has 4 heteroatoms. The first-order valence-corrected chi connectivity index (χ1v) is 6.84. The van der Waals surface area contributed by atoms with Crippen LogP contribution in [0.5, 0.6) is 0 Å². The van der Waals surface area contributed by atoms with Gasteiger partial charge in [0.2, 0.25) is 0 Å². The van der Waals surface area contributed by atoms with Crippen molar-refractivity contribution in [2.45, 2.75) is 13.8 Å². The van der Waals surface area contributed by atoms with Crippen molar-refractivity contribution in [3.8, 4) is 0 Å². The van der Waals surface area contributed by atoms with Gasteiger partial charge in [-0.1, -0.05) is 23.5 Å². The third-order valence-electron chi connectivity index (χ3n) is 2.97. The molecule has 0 spiro atoms. The number of hydrogen-bond donors (Lipinski definition) is 1.